The van der Waals surface area contributed by atoms with Crippen molar-refractivity contribution in [1.29, 1.82) is 0 Å². The fraction of sp³-hybridized carbons (Fsp3) is 0.297. The number of nitro groups is 1. The highest BCUT2D eigenvalue weighted by molar-refractivity contribution is 7.92. The van der Waals surface area contributed by atoms with Crippen molar-refractivity contribution in [3.8, 4) is 5.75 Å². The van der Waals surface area contributed by atoms with E-state index < -0.39 is 44.0 Å². The third-order valence-electron chi connectivity index (χ3n) is 8.19. The van der Waals surface area contributed by atoms with Crippen molar-refractivity contribution in [3.63, 3.8) is 0 Å². The summed E-state index contributed by atoms with van der Waals surface area (Å²) in [4.78, 5) is 40.8. The molecule has 2 amide bonds. The molecule has 0 aliphatic heterocycles. The second-order valence-electron chi connectivity index (χ2n) is 11.9. The molecule has 4 aromatic carbocycles. The Hall–Kier alpha value is -4.94. The number of hydrogen-bond acceptors (Lipinski definition) is 7. The predicted octanol–water partition coefficient (Wildman–Crippen LogP) is 6.63. The Kier molecular flexibility index (Phi) is 13.0. The Morgan fingerprint density at radius 2 is 1.68 bits per heavy atom. The van der Waals surface area contributed by atoms with Crippen molar-refractivity contribution < 1.29 is 27.7 Å². The van der Waals surface area contributed by atoms with Gasteiger partial charge < -0.3 is 15.0 Å². The van der Waals surface area contributed by atoms with Gasteiger partial charge in [-0.05, 0) is 55.7 Å². The van der Waals surface area contributed by atoms with E-state index in [4.69, 9.17) is 16.3 Å². The average Bonchev–Trinajstić information content (AvgIpc) is 3.09. The zero-order valence-corrected chi connectivity index (χ0v) is 30.0. The smallest absolute Gasteiger partial charge is 0.273 e. The van der Waals surface area contributed by atoms with Crippen LogP contribution in [0.2, 0.25) is 5.02 Å². The number of aryl methyl sites for hydroxylation is 2. The Bertz CT molecular complexity index is 1940. The van der Waals surface area contributed by atoms with Crippen LogP contribution in [0.3, 0.4) is 0 Å². The fourth-order valence-corrected chi connectivity index (χ4v) is 7.12. The normalized spacial score (nSPS) is 11.8. The van der Waals surface area contributed by atoms with Crippen molar-refractivity contribution >= 4 is 44.8 Å². The van der Waals surface area contributed by atoms with E-state index in [1.54, 1.807) is 0 Å². The number of carbonyl (C=O) groups excluding carboxylic acids is 2. The van der Waals surface area contributed by atoms with Crippen molar-refractivity contribution in [2.45, 2.75) is 57.5 Å². The van der Waals surface area contributed by atoms with Gasteiger partial charge in [-0.2, -0.15) is 0 Å². The molecule has 0 radical (unpaired) electrons. The molecule has 264 valence electrons. The van der Waals surface area contributed by atoms with Crippen LogP contribution in [0.5, 0.6) is 5.75 Å². The first kappa shape index (κ1) is 37.9. The molecular formula is C37H41ClN4O7S. The van der Waals surface area contributed by atoms with E-state index in [2.05, 4.69) is 5.32 Å². The van der Waals surface area contributed by atoms with Gasteiger partial charge in [0.2, 0.25) is 11.8 Å². The van der Waals surface area contributed by atoms with E-state index in [-0.39, 0.29) is 40.9 Å². The molecular weight excluding hydrogens is 680 g/mol. The minimum absolute atomic E-state index is 0.00418. The molecule has 0 saturated carbocycles. The van der Waals surface area contributed by atoms with Gasteiger partial charge >= 0.3 is 0 Å². The summed E-state index contributed by atoms with van der Waals surface area (Å²) in [7, 11) is -3.32. The van der Waals surface area contributed by atoms with E-state index in [0.717, 1.165) is 39.9 Å². The molecule has 0 fully saturated rings. The second kappa shape index (κ2) is 17.1. The SMILES string of the molecule is CCCCNC(=O)[C@H](Cc1ccccc1)N(Cc1cccc(C)c1)C(=O)CN(c1cc(Cl)ccc1OC)S(=O)(=O)c1ccc(C)c([N+](=O)[O-])c1. The molecule has 0 aliphatic carbocycles. The summed E-state index contributed by atoms with van der Waals surface area (Å²) in [6.07, 6.45) is 1.74. The zero-order valence-electron chi connectivity index (χ0n) is 28.5. The maximum atomic E-state index is 14.7. The first-order valence-electron chi connectivity index (χ1n) is 16.1. The number of halogens is 1. The third kappa shape index (κ3) is 9.39. The van der Waals surface area contributed by atoms with Crippen LogP contribution in [0.25, 0.3) is 0 Å². The monoisotopic (exact) mass is 720 g/mol. The first-order valence-corrected chi connectivity index (χ1v) is 18.0. The molecule has 1 atom stereocenters. The summed E-state index contributed by atoms with van der Waals surface area (Å²) in [6.45, 7) is 5.03. The average molecular weight is 721 g/mol. The van der Waals surface area contributed by atoms with Gasteiger partial charge in [-0.1, -0.05) is 91.2 Å². The number of hydrogen-bond donors (Lipinski definition) is 1. The maximum absolute atomic E-state index is 14.7. The third-order valence-corrected chi connectivity index (χ3v) is 10.2. The molecule has 0 spiro atoms. The summed E-state index contributed by atoms with van der Waals surface area (Å²) < 4.78 is 35.3. The number of anilines is 1. The van der Waals surface area contributed by atoms with Crippen molar-refractivity contribution in [2.24, 2.45) is 0 Å². The van der Waals surface area contributed by atoms with Gasteiger partial charge in [0.15, 0.2) is 0 Å². The van der Waals surface area contributed by atoms with Gasteiger partial charge in [-0.25, -0.2) is 8.42 Å². The van der Waals surface area contributed by atoms with E-state index in [0.29, 0.717) is 6.54 Å². The lowest BCUT2D eigenvalue weighted by Gasteiger charge is -2.34. The summed E-state index contributed by atoms with van der Waals surface area (Å²) >= 11 is 6.35. The number of carbonyl (C=O) groups is 2. The standard InChI is InChI=1S/C37H41ClN4O7S/c1-5-6-19-39-37(44)34(21-28-12-8-7-9-13-28)40(24-29-14-10-11-26(2)20-29)36(43)25-41(33-22-30(38)16-18-35(33)49-4)50(47,48)31-17-15-27(3)32(23-31)42(45)46/h7-18,20,22-23,34H,5-6,19,21,24-25H2,1-4H3,(H,39,44)/t34-/m0/s1. The molecule has 11 nitrogen and oxygen atoms in total. The Morgan fingerprint density at radius 3 is 2.34 bits per heavy atom. The highest BCUT2D eigenvalue weighted by Crippen LogP contribution is 2.36. The van der Waals surface area contributed by atoms with Crippen LogP contribution < -0.4 is 14.4 Å². The topological polar surface area (TPSA) is 139 Å². The number of methoxy groups -OCH3 is 1. The molecule has 4 aromatic rings. The minimum atomic E-state index is -4.66. The van der Waals surface area contributed by atoms with Gasteiger partial charge in [0.05, 0.1) is 22.6 Å². The van der Waals surface area contributed by atoms with Gasteiger partial charge in [0.1, 0.15) is 18.3 Å². The van der Waals surface area contributed by atoms with E-state index >= 15 is 0 Å². The fourth-order valence-electron chi connectivity index (χ4n) is 5.51. The van der Waals surface area contributed by atoms with E-state index in [9.17, 15) is 28.1 Å². The van der Waals surface area contributed by atoms with Crippen molar-refractivity contribution in [1.82, 2.24) is 10.2 Å². The van der Waals surface area contributed by atoms with Crippen LogP contribution in [0.15, 0.2) is 95.9 Å². The highest BCUT2D eigenvalue weighted by atomic mass is 35.5. The number of nitro benzene ring substituents is 1. The van der Waals surface area contributed by atoms with E-state index in [1.807, 2.05) is 68.4 Å². The lowest BCUT2D eigenvalue weighted by atomic mass is 10.0. The predicted molar refractivity (Wildman–Crippen MR) is 194 cm³/mol. The van der Waals surface area contributed by atoms with Gasteiger partial charge in [-0.15, -0.1) is 0 Å². The minimum Gasteiger partial charge on any atom is -0.495 e. The van der Waals surface area contributed by atoms with Crippen LogP contribution in [-0.2, 0) is 32.6 Å². The lowest BCUT2D eigenvalue weighted by molar-refractivity contribution is -0.385. The number of sulfonamides is 1. The van der Waals surface area contributed by atoms with Crippen LogP contribution in [0.1, 0.15) is 42.0 Å². The maximum Gasteiger partial charge on any atom is 0.273 e. The lowest BCUT2D eigenvalue weighted by Crippen LogP contribution is -2.53. The van der Waals surface area contributed by atoms with E-state index in [1.165, 1.54) is 49.3 Å². The molecule has 0 saturated heterocycles. The molecule has 0 bridgehead atoms. The summed E-state index contributed by atoms with van der Waals surface area (Å²) in [6, 6.07) is 23.6. The van der Waals surface area contributed by atoms with Crippen molar-refractivity contribution in [2.75, 3.05) is 24.5 Å². The summed E-state index contributed by atoms with van der Waals surface area (Å²) in [5.74, 6) is -0.978. The van der Waals surface area contributed by atoms with Gasteiger partial charge in [0, 0.05) is 36.2 Å². The van der Waals surface area contributed by atoms with Crippen LogP contribution >= 0.6 is 11.6 Å². The van der Waals surface area contributed by atoms with Gasteiger partial charge in [-0.3, -0.25) is 24.0 Å². The van der Waals surface area contributed by atoms with Crippen LogP contribution in [-0.4, -0.2) is 56.3 Å². The van der Waals surface area contributed by atoms with Gasteiger partial charge in [0.25, 0.3) is 15.7 Å². The number of nitrogens with one attached hydrogen (secondary N) is 1. The number of nitrogens with zero attached hydrogens (tertiary/aromatic N) is 3. The van der Waals surface area contributed by atoms with Crippen LogP contribution in [0, 0.1) is 24.0 Å². The van der Waals surface area contributed by atoms with Crippen molar-refractivity contribution in [3.05, 3.63) is 128 Å². The molecule has 4 rings (SSSR count). The molecule has 13 heteroatoms. The Morgan fingerprint density at radius 1 is 0.960 bits per heavy atom. The zero-order chi connectivity index (χ0) is 36.4. The molecule has 1 N–H and O–H groups in total. The number of unbranched alkanes of at least 4 members (excludes halogenated alkanes) is 1. The number of amides is 2. The number of rotatable bonds is 16. The molecule has 0 aliphatic rings. The molecule has 0 aromatic heterocycles. The quantitative estimate of drug-likeness (QED) is 0.0779. The highest BCUT2D eigenvalue weighted by Gasteiger charge is 2.36. The molecule has 50 heavy (non-hydrogen) atoms. The first-order chi connectivity index (χ1) is 23.8. The number of benzene rings is 4. The largest absolute Gasteiger partial charge is 0.495 e. The number of ether oxygens (including phenoxy) is 1. The second-order valence-corrected chi connectivity index (χ2v) is 14.2. The Balaban J connectivity index is 1.88. The summed E-state index contributed by atoms with van der Waals surface area (Å²) in [5.41, 5.74) is 2.29. The molecule has 0 heterocycles. The molecule has 0 unspecified atom stereocenters. The Labute approximate surface area is 298 Å². The summed E-state index contributed by atoms with van der Waals surface area (Å²) in [5, 5.41) is 14.9. The van der Waals surface area contributed by atoms with Crippen LogP contribution in [0.4, 0.5) is 11.4 Å².